The molecule has 1 heterocycles. The average Bonchev–Trinajstić information content (AvgIpc) is 2.59. The maximum absolute atomic E-state index is 13.6. The van der Waals surface area contributed by atoms with Gasteiger partial charge in [0.25, 0.3) is 0 Å². The van der Waals surface area contributed by atoms with Crippen LogP contribution in [0.15, 0.2) is 41.8 Å². The zero-order valence-electron chi connectivity index (χ0n) is 12.9. The first-order chi connectivity index (χ1) is 11.1. The summed E-state index contributed by atoms with van der Waals surface area (Å²) in [4.78, 5) is 24.3. The SMILES string of the molecule is O=C(CCC(=O)c1ccc2c(c1)CCCO2)C1=C(F)CCC=C1. The van der Waals surface area contributed by atoms with E-state index in [0.717, 1.165) is 24.2 Å². The van der Waals surface area contributed by atoms with Gasteiger partial charge >= 0.3 is 0 Å². The van der Waals surface area contributed by atoms with Gasteiger partial charge < -0.3 is 4.74 Å². The molecular weight excluding hydrogens is 295 g/mol. The predicted molar refractivity (Wildman–Crippen MR) is 85.3 cm³/mol. The molecule has 1 aliphatic heterocycles. The number of carbonyl (C=O) groups excluding carboxylic acids is 2. The van der Waals surface area contributed by atoms with Crippen molar-refractivity contribution in [2.45, 2.75) is 38.5 Å². The number of ketones is 2. The molecule has 1 aromatic rings. The highest BCUT2D eigenvalue weighted by atomic mass is 19.1. The second kappa shape index (κ2) is 6.90. The van der Waals surface area contributed by atoms with Gasteiger partial charge in [-0.1, -0.05) is 12.2 Å². The van der Waals surface area contributed by atoms with Crippen molar-refractivity contribution >= 4 is 11.6 Å². The van der Waals surface area contributed by atoms with Gasteiger partial charge in [0.1, 0.15) is 11.6 Å². The zero-order chi connectivity index (χ0) is 16.2. The lowest BCUT2D eigenvalue weighted by molar-refractivity contribution is -0.115. The number of fused-ring (bicyclic) bond motifs is 1. The standard InChI is InChI=1S/C19H19FO3/c20-16-6-2-1-5-15(16)18(22)9-8-17(21)13-7-10-19-14(12-13)4-3-11-23-19/h1,5,7,10,12H,2-4,6,8-9,11H2. The molecular formula is C19H19FO3. The predicted octanol–water partition coefficient (Wildman–Crippen LogP) is 4.12. The number of allylic oxidation sites excluding steroid dienone is 4. The molecule has 0 N–H and O–H groups in total. The van der Waals surface area contributed by atoms with Crippen molar-refractivity contribution in [2.24, 2.45) is 0 Å². The fourth-order valence-corrected chi connectivity index (χ4v) is 2.92. The highest BCUT2D eigenvalue weighted by Crippen LogP contribution is 2.26. The molecule has 120 valence electrons. The van der Waals surface area contributed by atoms with Gasteiger partial charge in [-0.05, 0) is 43.0 Å². The van der Waals surface area contributed by atoms with Crippen molar-refractivity contribution in [3.63, 3.8) is 0 Å². The van der Waals surface area contributed by atoms with Gasteiger partial charge in [-0.25, -0.2) is 4.39 Å². The molecule has 1 aliphatic carbocycles. The van der Waals surface area contributed by atoms with E-state index in [1.54, 1.807) is 12.1 Å². The van der Waals surface area contributed by atoms with Crippen molar-refractivity contribution < 1.29 is 18.7 Å². The van der Waals surface area contributed by atoms with E-state index in [0.29, 0.717) is 18.6 Å². The highest BCUT2D eigenvalue weighted by molar-refractivity contribution is 6.03. The largest absolute Gasteiger partial charge is 0.493 e. The molecule has 0 amide bonds. The number of Topliss-reactive ketones (excluding diaryl/α,β-unsaturated/α-hetero) is 2. The third-order valence-corrected chi connectivity index (χ3v) is 4.22. The molecule has 0 saturated carbocycles. The number of hydrogen-bond acceptors (Lipinski definition) is 3. The van der Waals surface area contributed by atoms with Crippen LogP contribution in [0.1, 0.15) is 48.0 Å². The van der Waals surface area contributed by atoms with Gasteiger partial charge in [-0.3, -0.25) is 9.59 Å². The van der Waals surface area contributed by atoms with Crippen LogP contribution < -0.4 is 4.74 Å². The Kier molecular flexibility index (Phi) is 4.70. The van der Waals surface area contributed by atoms with Gasteiger partial charge in [-0.2, -0.15) is 0 Å². The summed E-state index contributed by atoms with van der Waals surface area (Å²) in [6.07, 6.45) is 6.21. The third-order valence-electron chi connectivity index (χ3n) is 4.22. The number of ether oxygens (including phenoxy) is 1. The van der Waals surface area contributed by atoms with Crippen molar-refractivity contribution in [1.82, 2.24) is 0 Å². The van der Waals surface area contributed by atoms with Crippen LogP contribution in [0, 0.1) is 0 Å². The zero-order valence-corrected chi connectivity index (χ0v) is 12.9. The Balaban J connectivity index is 1.63. The van der Waals surface area contributed by atoms with Gasteiger partial charge in [0.15, 0.2) is 11.6 Å². The summed E-state index contributed by atoms with van der Waals surface area (Å²) < 4.78 is 19.2. The smallest absolute Gasteiger partial charge is 0.165 e. The lowest BCUT2D eigenvalue weighted by Crippen LogP contribution is -2.11. The van der Waals surface area contributed by atoms with E-state index in [9.17, 15) is 14.0 Å². The van der Waals surface area contributed by atoms with E-state index < -0.39 is 0 Å². The molecule has 3 rings (SSSR count). The number of aryl methyl sites for hydroxylation is 1. The molecule has 0 fully saturated rings. The minimum absolute atomic E-state index is 0.0412. The molecule has 0 unspecified atom stereocenters. The van der Waals surface area contributed by atoms with Crippen LogP contribution in [0.3, 0.4) is 0 Å². The fourth-order valence-electron chi connectivity index (χ4n) is 2.92. The van der Waals surface area contributed by atoms with Gasteiger partial charge in [0, 0.05) is 30.4 Å². The molecule has 0 spiro atoms. The second-order valence-corrected chi connectivity index (χ2v) is 5.88. The first-order valence-electron chi connectivity index (χ1n) is 8.02. The van der Waals surface area contributed by atoms with Crippen LogP contribution in [-0.4, -0.2) is 18.2 Å². The normalized spacial score (nSPS) is 16.7. The number of carbonyl (C=O) groups is 2. The average molecular weight is 314 g/mol. The van der Waals surface area contributed by atoms with Crippen LogP contribution in [-0.2, 0) is 11.2 Å². The maximum atomic E-state index is 13.6. The molecule has 0 aromatic heterocycles. The van der Waals surface area contributed by atoms with Crippen molar-refractivity contribution in [3.8, 4) is 5.75 Å². The lowest BCUT2D eigenvalue weighted by Gasteiger charge is -2.17. The fraction of sp³-hybridized carbons (Fsp3) is 0.368. The summed E-state index contributed by atoms with van der Waals surface area (Å²) in [5.41, 5.74) is 1.76. The minimum atomic E-state index is -0.365. The molecule has 3 nitrogen and oxygen atoms in total. The Morgan fingerprint density at radius 2 is 1.96 bits per heavy atom. The molecule has 0 radical (unpaired) electrons. The Morgan fingerprint density at radius 1 is 1.13 bits per heavy atom. The number of rotatable bonds is 5. The van der Waals surface area contributed by atoms with Gasteiger partial charge in [0.05, 0.1) is 6.61 Å². The van der Waals surface area contributed by atoms with Crippen molar-refractivity contribution in [3.05, 3.63) is 52.9 Å². The van der Waals surface area contributed by atoms with Gasteiger partial charge in [0.2, 0.25) is 0 Å². The summed E-state index contributed by atoms with van der Waals surface area (Å²) in [5, 5.41) is 0. The van der Waals surface area contributed by atoms with Crippen LogP contribution >= 0.6 is 0 Å². The lowest BCUT2D eigenvalue weighted by atomic mass is 9.96. The first-order valence-corrected chi connectivity index (χ1v) is 8.02. The van der Waals surface area contributed by atoms with Crippen LogP contribution in [0.4, 0.5) is 4.39 Å². The quantitative estimate of drug-likeness (QED) is 0.768. The number of benzene rings is 1. The molecule has 1 aromatic carbocycles. The molecule has 4 heteroatoms. The number of halogens is 1. The van der Waals surface area contributed by atoms with E-state index in [2.05, 4.69) is 0 Å². The summed E-state index contributed by atoms with van der Waals surface area (Å²) >= 11 is 0. The molecule has 23 heavy (non-hydrogen) atoms. The topological polar surface area (TPSA) is 43.4 Å². The van der Waals surface area contributed by atoms with Crippen molar-refractivity contribution in [2.75, 3.05) is 6.61 Å². The maximum Gasteiger partial charge on any atom is 0.165 e. The second-order valence-electron chi connectivity index (χ2n) is 5.88. The van der Waals surface area contributed by atoms with E-state index in [1.165, 1.54) is 6.08 Å². The Labute approximate surface area is 134 Å². The summed E-state index contributed by atoms with van der Waals surface area (Å²) in [7, 11) is 0. The molecule has 0 bridgehead atoms. The Hall–Kier alpha value is -2.23. The van der Waals surface area contributed by atoms with Crippen molar-refractivity contribution in [1.29, 1.82) is 0 Å². The highest BCUT2D eigenvalue weighted by Gasteiger charge is 2.18. The molecule has 0 saturated heterocycles. The Morgan fingerprint density at radius 3 is 2.78 bits per heavy atom. The van der Waals surface area contributed by atoms with E-state index in [-0.39, 0.29) is 42.2 Å². The van der Waals surface area contributed by atoms with Crippen LogP contribution in [0.2, 0.25) is 0 Å². The minimum Gasteiger partial charge on any atom is -0.493 e. The van der Waals surface area contributed by atoms with Gasteiger partial charge in [-0.15, -0.1) is 0 Å². The molecule has 2 aliphatic rings. The first kappa shape index (κ1) is 15.7. The Bertz CT molecular complexity index is 701. The van der Waals surface area contributed by atoms with E-state index in [4.69, 9.17) is 4.74 Å². The van der Waals surface area contributed by atoms with Crippen LogP contribution in [0.25, 0.3) is 0 Å². The summed E-state index contributed by atoms with van der Waals surface area (Å²) in [6.45, 7) is 0.711. The van der Waals surface area contributed by atoms with E-state index in [1.807, 2.05) is 12.1 Å². The number of hydrogen-bond donors (Lipinski definition) is 0. The van der Waals surface area contributed by atoms with E-state index >= 15 is 0 Å². The summed E-state index contributed by atoms with van der Waals surface area (Å²) in [5.74, 6) is 0.0833. The van der Waals surface area contributed by atoms with Crippen LogP contribution in [0.5, 0.6) is 5.75 Å². The monoisotopic (exact) mass is 314 g/mol. The summed E-state index contributed by atoms with van der Waals surface area (Å²) in [6, 6.07) is 5.40. The third kappa shape index (κ3) is 3.58. The molecule has 0 atom stereocenters.